The zero-order chi connectivity index (χ0) is 25.9. The van der Waals surface area contributed by atoms with Gasteiger partial charge in [0.1, 0.15) is 29.8 Å². The summed E-state index contributed by atoms with van der Waals surface area (Å²) in [5, 5.41) is 20.0. The number of fused-ring (bicyclic) bond motifs is 1. The van der Waals surface area contributed by atoms with Crippen molar-refractivity contribution in [2.45, 2.75) is 51.7 Å². The first-order chi connectivity index (χ1) is 17.9. The molecule has 1 N–H and O–H groups in total. The number of halogens is 1. The maximum absolute atomic E-state index is 10.7. The molecule has 1 unspecified atom stereocenters. The molecule has 4 aromatic rings. The Bertz CT molecular complexity index is 1340. The van der Waals surface area contributed by atoms with Crippen LogP contribution in [0.25, 0.3) is 22.6 Å². The molecule has 0 amide bonds. The number of hydrogen-bond acceptors (Lipinski definition) is 8. The van der Waals surface area contributed by atoms with Crippen LogP contribution in [0.4, 0.5) is 0 Å². The van der Waals surface area contributed by atoms with Crippen LogP contribution in [0.1, 0.15) is 44.1 Å². The highest BCUT2D eigenvalue weighted by Crippen LogP contribution is 2.35. The molecular weight excluding hydrogens is 494 g/mol. The molecule has 8 nitrogen and oxygen atoms in total. The van der Waals surface area contributed by atoms with Gasteiger partial charge in [-0.3, -0.25) is 0 Å². The summed E-state index contributed by atoms with van der Waals surface area (Å²) in [5.74, 6) is 3.10. The molecule has 0 bridgehead atoms. The molecule has 1 aliphatic rings. The van der Waals surface area contributed by atoms with E-state index in [1.165, 1.54) is 5.56 Å². The minimum atomic E-state index is -0.612. The highest BCUT2D eigenvalue weighted by Gasteiger charge is 2.23. The molecule has 1 fully saturated rings. The number of aromatic nitrogens is 2. The Morgan fingerprint density at radius 1 is 1.08 bits per heavy atom. The van der Waals surface area contributed by atoms with Crippen LogP contribution in [-0.2, 0) is 0 Å². The zero-order valence-electron chi connectivity index (χ0n) is 21.3. The van der Waals surface area contributed by atoms with Crippen LogP contribution in [-0.4, -0.2) is 58.7 Å². The summed E-state index contributed by atoms with van der Waals surface area (Å²) in [7, 11) is 0. The second-order valence-electron chi connectivity index (χ2n) is 9.80. The van der Waals surface area contributed by atoms with Gasteiger partial charge in [-0.2, -0.15) is 0 Å². The SMILES string of the molecule is Cc1nnc(-c2cc3c(OCC(O)CN4CCC(c5ccc(OC(C)C)c(Cl)c5)CC4)cccc3o2)o1. The number of aliphatic hydroxyl groups is 1. The molecule has 1 atom stereocenters. The predicted molar refractivity (Wildman–Crippen MR) is 141 cm³/mol. The van der Waals surface area contributed by atoms with E-state index in [2.05, 4.69) is 21.2 Å². The van der Waals surface area contributed by atoms with E-state index in [0.717, 1.165) is 37.1 Å². The smallest absolute Gasteiger partial charge is 0.283 e. The number of benzene rings is 2. The van der Waals surface area contributed by atoms with Gasteiger partial charge in [-0.15, -0.1) is 10.2 Å². The first-order valence-corrected chi connectivity index (χ1v) is 13.1. The molecule has 2 aromatic heterocycles. The van der Waals surface area contributed by atoms with Crippen molar-refractivity contribution < 1.29 is 23.4 Å². The van der Waals surface area contributed by atoms with Crippen molar-refractivity contribution in [2.24, 2.45) is 0 Å². The van der Waals surface area contributed by atoms with Crippen molar-refractivity contribution in [3.05, 3.63) is 58.9 Å². The van der Waals surface area contributed by atoms with Crippen molar-refractivity contribution in [3.63, 3.8) is 0 Å². The number of aliphatic hydroxyl groups excluding tert-OH is 1. The summed E-state index contributed by atoms with van der Waals surface area (Å²) in [6, 6.07) is 13.5. The van der Waals surface area contributed by atoms with Crippen molar-refractivity contribution in [2.75, 3.05) is 26.2 Å². The van der Waals surface area contributed by atoms with E-state index in [0.29, 0.717) is 46.4 Å². The second kappa shape index (κ2) is 11.1. The summed E-state index contributed by atoms with van der Waals surface area (Å²) in [6.07, 6.45) is 1.51. The van der Waals surface area contributed by atoms with Crippen molar-refractivity contribution in [1.29, 1.82) is 0 Å². The molecule has 2 aromatic carbocycles. The molecule has 5 rings (SSSR count). The van der Waals surface area contributed by atoms with Crippen LogP contribution in [0.2, 0.25) is 5.02 Å². The molecule has 196 valence electrons. The fraction of sp³-hybridized carbons (Fsp3) is 0.429. The molecule has 1 saturated heterocycles. The third-order valence-corrected chi connectivity index (χ3v) is 6.83. The number of piperidine rings is 1. The summed E-state index contributed by atoms with van der Waals surface area (Å²) < 4.78 is 23.1. The molecule has 3 heterocycles. The van der Waals surface area contributed by atoms with E-state index >= 15 is 0 Å². The second-order valence-corrected chi connectivity index (χ2v) is 10.2. The van der Waals surface area contributed by atoms with Gasteiger partial charge in [0.05, 0.1) is 16.5 Å². The molecule has 1 aliphatic heterocycles. The van der Waals surface area contributed by atoms with Gasteiger partial charge in [-0.25, -0.2) is 0 Å². The summed E-state index contributed by atoms with van der Waals surface area (Å²) >= 11 is 6.45. The van der Waals surface area contributed by atoms with Gasteiger partial charge in [-0.1, -0.05) is 23.7 Å². The van der Waals surface area contributed by atoms with Crippen LogP contribution in [0, 0.1) is 6.92 Å². The average Bonchev–Trinajstić information content (AvgIpc) is 3.51. The summed E-state index contributed by atoms with van der Waals surface area (Å²) in [5.41, 5.74) is 1.90. The van der Waals surface area contributed by atoms with Crippen LogP contribution in [0.5, 0.6) is 11.5 Å². The minimum absolute atomic E-state index is 0.0907. The molecule has 0 spiro atoms. The lowest BCUT2D eigenvalue weighted by Gasteiger charge is -2.33. The topological polar surface area (TPSA) is 94.0 Å². The van der Waals surface area contributed by atoms with E-state index in [1.54, 1.807) is 6.92 Å². The van der Waals surface area contributed by atoms with Crippen molar-refractivity contribution in [1.82, 2.24) is 15.1 Å². The molecule has 0 aliphatic carbocycles. The van der Waals surface area contributed by atoms with Gasteiger partial charge in [0.2, 0.25) is 5.89 Å². The fourth-order valence-electron chi connectivity index (χ4n) is 4.77. The number of furan rings is 1. The monoisotopic (exact) mass is 525 g/mol. The Labute approximate surface area is 221 Å². The van der Waals surface area contributed by atoms with Gasteiger partial charge < -0.3 is 28.3 Å². The van der Waals surface area contributed by atoms with Gasteiger partial charge in [0, 0.05) is 19.5 Å². The van der Waals surface area contributed by atoms with Gasteiger partial charge in [0.25, 0.3) is 5.89 Å². The van der Waals surface area contributed by atoms with E-state index < -0.39 is 6.10 Å². The Morgan fingerprint density at radius 3 is 2.59 bits per heavy atom. The van der Waals surface area contributed by atoms with E-state index in [1.807, 2.05) is 50.2 Å². The van der Waals surface area contributed by atoms with E-state index in [-0.39, 0.29) is 12.7 Å². The fourth-order valence-corrected chi connectivity index (χ4v) is 5.00. The quantitative estimate of drug-likeness (QED) is 0.291. The largest absolute Gasteiger partial charge is 0.490 e. The highest BCUT2D eigenvalue weighted by atomic mass is 35.5. The molecule has 9 heteroatoms. The zero-order valence-corrected chi connectivity index (χ0v) is 22.1. The first kappa shape index (κ1) is 25.6. The standard InChI is InChI=1S/C28H32ClN3O5/c1-17(2)35-26-8-7-20(13-23(26)29)19-9-11-32(12-10-19)15-21(33)16-34-24-5-4-6-25-22(24)14-27(37-25)28-31-30-18(3)36-28/h4-8,13-14,17,19,21,33H,9-12,15-16H2,1-3H3. The average molecular weight is 526 g/mol. The van der Waals surface area contributed by atoms with Gasteiger partial charge in [-0.05, 0) is 75.5 Å². The molecular formula is C28H32ClN3O5. The third kappa shape index (κ3) is 6.09. The highest BCUT2D eigenvalue weighted by molar-refractivity contribution is 6.32. The van der Waals surface area contributed by atoms with Crippen molar-refractivity contribution in [3.8, 4) is 23.1 Å². The Balaban J connectivity index is 1.13. The normalized spacial score (nSPS) is 15.9. The Kier molecular flexibility index (Phi) is 7.69. The van der Waals surface area contributed by atoms with Crippen molar-refractivity contribution >= 4 is 22.6 Å². The van der Waals surface area contributed by atoms with Crippen LogP contribution in [0.15, 0.2) is 51.3 Å². The summed E-state index contributed by atoms with van der Waals surface area (Å²) in [6.45, 7) is 8.28. The third-order valence-electron chi connectivity index (χ3n) is 6.54. The minimum Gasteiger partial charge on any atom is -0.490 e. The van der Waals surface area contributed by atoms with Gasteiger partial charge >= 0.3 is 0 Å². The number of likely N-dealkylation sites (tertiary alicyclic amines) is 1. The maximum atomic E-state index is 10.7. The van der Waals surface area contributed by atoms with Crippen LogP contribution < -0.4 is 9.47 Å². The van der Waals surface area contributed by atoms with Crippen LogP contribution in [0.3, 0.4) is 0 Å². The number of ether oxygens (including phenoxy) is 2. The number of hydrogen-bond donors (Lipinski definition) is 1. The lowest BCUT2D eigenvalue weighted by atomic mass is 9.89. The predicted octanol–water partition coefficient (Wildman–Crippen LogP) is 5.85. The Hall–Kier alpha value is -3.07. The molecule has 0 radical (unpaired) electrons. The first-order valence-electron chi connectivity index (χ1n) is 12.7. The number of rotatable bonds is 9. The molecule has 37 heavy (non-hydrogen) atoms. The molecule has 0 saturated carbocycles. The van der Waals surface area contributed by atoms with Gasteiger partial charge in [0.15, 0.2) is 5.76 Å². The maximum Gasteiger partial charge on any atom is 0.283 e. The number of aryl methyl sites for hydroxylation is 1. The summed E-state index contributed by atoms with van der Waals surface area (Å²) in [4.78, 5) is 2.29. The van der Waals surface area contributed by atoms with E-state index in [9.17, 15) is 5.11 Å². The lowest BCUT2D eigenvalue weighted by Crippen LogP contribution is -2.40. The van der Waals surface area contributed by atoms with Crippen LogP contribution >= 0.6 is 11.6 Å². The number of β-amino-alcohol motifs (C(OH)–C–C–N with tert-alkyl or cyclic N) is 1. The van der Waals surface area contributed by atoms with E-state index in [4.69, 9.17) is 29.9 Å². The Morgan fingerprint density at radius 2 is 1.89 bits per heavy atom. The lowest BCUT2D eigenvalue weighted by molar-refractivity contribution is 0.0599. The number of nitrogens with zero attached hydrogens (tertiary/aromatic N) is 3.